The quantitative estimate of drug-likeness (QED) is 0.795. The van der Waals surface area contributed by atoms with Crippen molar-refractivity contribution >= 4 is 5.91 Å². The molecular formula is C21H30N6O. The number of benzene rings is 1. The Kier molecular flexibility index (Phi) is 6.00. The van der Waals surface area contributed by atoms with Gasteiger partial charge in [-0.1, -0.05) is 37.1 Å². The Morgan fingerprint density at radius 1 is 1.07 bits per heavy atom. The van der Waals surface area contributed by atoms with Crippen molar-refractivity contribution in [3.63, 3.8) is 0 Å². The molecule has 1 amide bonds. The van der Waals surface area contributed by atoms with E-state index in [0.717, 1.165) is 44.8 Å². The van der Waals surface area contributed by atoms with Crippen LogP contribution in [0.1, 0.15) is 61.5 Å². The summed E-state index contributed by atoms with van der Waals surface area (Å²) in [6, 6.07) is 8.55. The van der Waals surface area contributed by atoms with Crippen LogP contribution in [0.25, 0.3) is 0 Å². The summed E-state index contributed by atoms with van der Waals surface area (Å²) >= 11 is 0. The number of aryl methyl sites for hydroxylation is 1. The van der Waals surface area contributed by atoms with Crippen LogP contribution in [-0.4, -0.2) is 55.5 Å². The first-order chi connectivity index (χ1) is 13.7. The van der Waals surface area contributed by atoms with Crippen molar-refractivity contribution in [2.24, 2.45) is 0 Å². The molecule has 7 nitrogen and oxygen atoms in total. The van der Waals surface area contributed by atoms with Gasteiger partial charge in [-0.25, -0.2) is 4.68 Å². The van der Waals surface area contributed by atoms with Gasteiger partial charge in [0, 0.05) is 6.54 Å². The van der Waals surface area contributed by atoms with Crippen LogP contribution in [0.3, 0.4) is 0 Å². The van der Waals surface area contributed by atoms with Crippen LogP contribution in [0, 0.1) is 6.92 Å². The second-order valence-corrected chi connectivity index (χ2v) is 8.04. The predicted molar refractivity (Wildman–Crippen MR) is 106 cm³/mol. The summed E-state index contributed by atoms with van der Waals surface area (Å²) in [6.07, 6.45) is 7.12. The number of carbonyl (C=O) groups is 1. The van der Waals surface area contributed by atoms with Crippen LogP contribution in [0.5, 0.6) is 0 Å². The number of hydrogen-bond donors (Lipinski definition) is 0. The Labute approximate surface area is 166 Å². The van der Waals surface area contributed by atoms with Gasteiger partial charge in [-0.05, 0) is 67.3 Å². The Morgan fingerprint density at radius 2 is 1.86 bits per heavy atom. The minimum absolute atomic E-state index is 0.107. The third kappa shape index (κ3) is 4.24. The summed E-state index contributed by atoms with van der Waals surface area (Å²) in [5.74, 6) is 0.900. The summed E-state index contributed by atoms with van der Waals surface area (Å²) in [5.41, 5.74) is 2.51. The molecule has 1 atom stereocenters. The van der Waals surface area contributed by atoms with Crippen LogP contribution >= 0.6 is 0 Å². The van der Waals surface area contributed by atoms with Crippen molar-refractivity contribution in [2.45, 2.75) is 64.6 Å². The normalized spacial score (nSPS) is 21.0. The van der Waals surface area contributed by atoms with Crippen LogP contribution in [0.2, 0.25) is 0 Å². The van der Waals surface area contributed by atoms with E-state index in [4.69, 9.17) is 0 Å². The minimum Gasteiger partial charge on any atom is -0.334 e. The van der Waals surface area contributed by atoms with Gasteiger partial charge in [0.1, 0.15) is 6.54 Å². The minimum atomic E-state index is 0.107. The Morgan fingerprint density at radius 3 is 2.64 bits per heavy atom. The molecule has 4 rings (SSSR count). The fourth-order valence-electron chi connectivity index (χ4n) is 4.52. The van der Waals surface area contributed by atoms with Crippen molar-refractivity contribution in [2.75, 3.05) is 19.6 Å². The molecule has 2 aliphatic rings. The number of tetrazole rings is 1. The molecule has 0 spiro atoms. The first kappa shape index (κ1) is 19.1. The summed E-state index contributed by atoms with van der Waals surface area (Å²) in [7, 11) is 0. The highest BCUT2D eigenvalue weighted by Crippen LogP contribution is 2.33. The number of rotatable bonds is 5. The Hall–Kier alpha value is -2.28. The highest BCUT2D eigenvalue weighted by atomic mass is 16.2. The summed E-state index contributed by atoms with van der Waals surface area (Å²) in [5, 5.41) is 12.2. The average Bonchev–Trinajstić information content (AvgIpc) is 3.27. The van der Waals surface area contributed by atoms with Gasteiger partial charge in [-0.2, -0.15) is 0 Å². The third-order valence-electron chi connectivity index (χ3n) is 6.08. The largest absolute Gasteiger partial charge is 0.334 e. The maximum Gasteiger partial charge on any atom is 0.244 e. The fraction of sp³-hybridized carbons (Fsp3) is 0.619. The average molecular weight is 383 g/mol. The number of hydrogen-bond acceptors (Lipinski definition) is 5. The molecule has 2 fully saturated rings. The molecule has 1 aromatic carbocycles. The lowest BCUT2D eigenvalue weighted by molar-refractivity contribution is -0.133. The Balaban J connectivity index is 1.44. The number of nitrogens with zero attached hydrogens (tertiary/aromatic N) is 6. The zero-order valence-electron chi connectivity index (χ0n) is 16.8. The molecule has 1 unspecified atom stereocenters. The van der Waals surface area contributed by atoms with E-state index in [0.29, 0.717) is 0 Å². The van der Waals surface area contributed by atoms with Gasteiger partial charge in [-0.3, -0.25) is 9.69 Å². The summed E-state index contributed by atoms with van der Waals surface area (Å²) in [4.78, 5) is 17.5. The van der Waals surface area contributed by atoms with Gasteiger partial charge in [0.15, 0.2) is 5.82 Å². The predicted octanol–water partition coefficient (Wildman–Crippen LogP) is 2.72. The molecule has 28 heavy (non-hydrogen) atoms. The van der Waals surface area contributed by atoms with Crippen molar-refractivity contribution < 1.29 is 4.79 Å². The highest BCUT2D eigenvalue weighted by Gasteiger charge is 2.31. The zero-order chi connectivity index (χ0) is 19.3. The standard InChI is InChI=1S/C21H30N6O/c1-17-9-4-5-10-18(17)19-11-8-14-26(19)21(28)16-27-20(22-23-24-27)15-25-12-6-2-3-7-13-25/h4-5,9-10,19H,2-3,6-8,11-16H2,1H3. The topological polar surface area (TPSA) is 67.2 Å². The molecular weight excluding hydrogens is 352 g/mol. The molecule has 2 aromatic rings. The van der Waals surface area contributed by atoms with Crippen LogP contribution in [-0.2, 0) is 17.9 Å². The fourth-order valence-corrected chi connectivity index (χ4v) is 4.52. The lowest BCUT2D eigenvalue weighted by Crippen LogP contribution is -2.35. The summed E-state index contributed by atoms with van der Waals surface area (Å²) in [6.45, 7) is 6.04. The first-order valence-corrected chi connectivity index (χ1v) is 10.5. The van der Waals surface area contributed by atoms with Crippen molar-refractivity contribution in [3.8, 4) is 0 Å². The second-order valence-electron chi connectivity index (χ2n) is 8.04. The van der Waals surface area contributed by atoms with E-state index in [2.05, 4.69) is 51.6 Å². The zero-order valence-corrected chi connectivity index (χ0v) is 16.8. The highest BCUT2D eigenvalue weighted by molar-refractivity contribution is 5.77. The van der Waals surface area contributed by atoms with Gasteiger partial charge in [0.2, 0.25) is 5.91 Å². The monoisotopic (exact) mass is 382 g/mol. The molecule has 0 aliphatic carbocycles. The molecule has 1 aromatic heterocycles. The van der Waals surface area contributed by atoms with Crippen LogP contribution in [0.4, 0.5) is 0 Å². The molecule has 150 valence electrons. The second kappa shape index (κ2) is 8.82. The van der Waals surface area contributed by atoms with Crippen LogP contribution < -0.4 is 0 Å². The Bertz CT molecular complexity index is 796. The van der Waals surface area contributed by atoms with E-state index >= 15 is 0 Å². The lowest BCUT2D eigenvalue weighted by atomic mass is 9.99. The third-order valence-corrected chi connectivity index (χ3v) is 6.08. The molecule has 7 heteroatoms. The SMILES string of the molecule is Cc1ccccc1C1CCCN1C(=O)Cn1nnnc1CN1CCCCCC1. The summed E-state index contributed by atoms with van der Waals surface area (Å²) < 4.78 is 1.69. The van der Waals surface area contributed by atoms with Crippen molar-refractivity contribution in [1.82, 2.24) is 30.0 Å². The van der Waals surface area contributed by atoms with Gasteiger partial charge in [0.25, 0.3) is 0 Å². The first-order valence-electron chi connectivity index (χ1n) is 10.5. The van der Waals surface area contributed by atoms with Gasteiger partial charge in [-0.15, -0.1) is 5.10 Å². The van der Waals surface area contributed by atoms with Crippen LogP contribution in [0.15, 0.2) is 24.3 Å². The van der Waals surface area contributed by atoms with Crippen molar-refractivity contribution in [1.29, 1.82) is 0 Å². The van der Waals surface area contributed by atoms with E-state index < -0.39 is 0 Å². The molecule has 3 heterocycles. The lowest BCUT2D eigenvalue weighted by Gasteiger charge is -2.26. The number of likely N-dealkylation sites (tertiary alicyclic amines) is 2. The maximum absolute atomic E-state index is 13.1. The van der Waals surface area contributed by atoms with E-state index in [9.17, 15) is 4.79 Å². The van der Waals surface area contributed by atoms with Crippen molar-refractivity contribution in [3.05, 3.63) is 41.2 Å². The molecule has 0 N–H and O–H groups in total. The number of amides is 1. The van der Waals surface area contributed by atoms with Gasteiger partial charge >= 0.3 is 0 Å². The van der Waals surface area contributed by atoms with E-state index in [1.165, 1.54) is 36.8 Å². The molecule has 2 aliphatic heterocycles. The molecule has 0 radical (unpaired) electrons. The maximum atomic E-state index is 13.1. The van der Waals surface area contributed by atoms with E-state index in [1.54, 1.807) is 4.68 Å². The molecule has 2 saturated heterocycles. The number of aromatic nitrogens is 4. The van der Waals surface area contributed by atoms with E-state index in [1.807, 2.05) is 4.90 Å². The molecule has 0 bridgehead atoms. The van der Waals surface area contributed by atoms with Gasteiger partial charge in [0.05, 0.1) is 12.6 Å². The smallest absolute Gasteiger partial charge is 0.244 e. The van der Waals surface area contributed by atoms with Gasteiger partial charge < -0.3 is 4.90 Å². The molecule has 0 saturated carbocycles. The number of carbonyl (C=O) groups excluding carboxylic acids is 1. The van der Waals surface area contributed by atoms with E-state index in [-0.39, 0.29) is 18.5 Å².